The van der Waals surface area contributed by atoms with E-state index >= 15 is 0 Å². The van der Waals surface area contributed by atoms with Crippen molar-refractivity contribution in [1.82, 2.24) is 4.90 Å². The lowest BCUT2D eigenvalue weighted by molar-refractivity contribution is -0.134. The maximum atomic E-state index is 11.9. The monoisotopic (exact) mass is 208 g/mol. The Balaban J connectivity index is 2.46. The van der Waals surface area contributed by atoms with Gasteiger partial charge in [0.2, 0.25) is 5.91 Å². The summed E-state index contributed by atoms with van der Waals surface area (Å²) < 4.78 is 0. The number of hydrogen-bond acceptors (Lipinski definition) is 2. The molecule has 0 aliphatic heterocycles. The van der Waals surface area contributed by atoms with Crippen LogP contribution in [0.25, 0.3) is 0 Å². The number of carbonyl (C=O) groups is 1. The summed E-state index contributed by atoms with van der Waals surface area (Å²) in [6.07, 6.45) is 3.76. The highest BCUT2D eigenvalue weighted by Crippen LogP contribution is 2.27. The molecule has 1 atom stereocenters. The SMILES string of the molecule is CC(C)C(C#N)C(=O)N(C)CC1CCC1. The molecule has 1 aliphatic rings. The van der Waals surface area contributed by atoms with Gasteiger partial charge in [0, 0.05) is 13.6 Å². The second-order valence-corrected chi connectivity index (χ2v) is 4.87. The van der Waals surface area contributed by atoms with Gasteiger partial charge in [-0.15, -0.1) is 0 Å². The number of amides is 1. The van der Waals surface area contributed by atoms with E-state index in [-0.39, 0.29) is 11.8 Å². The number of carbonyl (C=O) groups excluding carboxylic acids is 1. The Labute approximate surface area is 92.1 Å². The number of rotatable bonds is 4. The highest BCUT2D eigenvalue weighted by molar-refractivity contribution is 5.81. The molecule has 0 aromatic heterocycles. The molecule has 3 nitrogen and oxygen atoms in total. The fourth-order valence-corrected chi connectivity index (χ4v) is 1.88. The molecule has 1 rings (SSSR count). The van der Waals surface area contributed by atoms with Gasteiger partial charge in [-0.1, -0.05) is 20.3 Å². The summed E-state index contributed by atoms with van der Waals surface area (Å²) in [7, 11) is 1.81. The van der Waals surface area contributed by atoms with Crippen molar-refractivity contribution in [2.75, 3.05) is 13.6 Å². The van der Waals surface area contributed by atoms with Crippen LogP contribution in [0.4, 0.5) is 0 Å². The third-order valence-electron chi connectivity index (χ3n) is 3.20. The van der Waals surface area contributed by atoms with E-state index in [9.17, 15) is 4.79 Å². The lowest BCUT2D eigenvalue weighted by Crippen LogP contribution is -2.39. The molecule has 0 bridgehead atoms. The molecule has 0 saturated heterocycles. The van der Waals surface area contributed by atoms with Crippen molar-refractivity contribution in [3.8, 4) is 6.07 Å². The molecule has 1 amide bonds. The zero-order valence-electron chi connectivity index (χ0n) is 9.86. The van der Waals surface area contributed by atoms with Crippen LogP contribution < -0.4 is 0 Å². The molecule has 1 aliphatic carbocycles. The molecule has 3 heteroatoms. The van der Waals surface area contributed by atoms with Crippen molar-refractivity contribution in [1.29, 1.82) is 5.26 Å². The molecule has 0 aromatic carbocycles. The van der Waals surface area contributed by atoms with Crippen molar-refractivity contribution in [3.63, 3.8) is 0 Å². The summed E-state index contributed by atoms with van der Waals surface area (Å²) in [5, 5.41) is 8.92. The average molecular weight is 208 g/mol. The van der Waals surface area contributed by atoms with Gasteiger partial charge in [-0.3, -0.25) is 4.79 Å². The molecule has 84 valence electrons. The maximum Gasteiger partial charge on any atom is 0.239 e. The molecule has 0 radical (unpaired) electrons. The van der Waals surface area contributed by atoms with Crippen LogP contribution in [-0.2, 0) is 4.79 Å². The van der Waals surface area contributed by atoms with Crippen molar-refractivity contribution in [2.24, 2.45) is 17.8 Å². The molecule has 1 saturated carbocycles. The van der Waals surface area contributed by atoms with Crippen LogP contribution >= 0.6 is 0 Å². The smallest absolute Gasteiger partial charge is 0.239 e. The van der Waals surface area contributed by atoms with Gasteiger partial charge in [0.25, 0.3) is 0 Å². The summed E-state index contributed by atoms with van der Waals surface area (Å²) in [4.78, 5) is 13.6. The minimum Gasteiger partial charge on any atom is -0.344 e. The standard InChI is InChI=1S/C12H20N2O/c1-9(2)11(7-13)12(15)14(3)8-10-5-4-6-10/h9-11H,4-6,8H2,1-3H3. The van der Waals surface area contributed by atoms with Crippen LogP contribution in [0.3, 0.4) is 0 Å². The van der Waals surface area contributed by atoms with Gasteiger partial charge in [-0.05, 0) is 24.7 Å². The molecule has 0 heterocycles. The Morgan fingerprint density at radius 2 is 2.13 bits per heavy atom. The normalized spacial score (nSPS) is 18.1. The van der Waals surface area contributed by atoms with E-state index in [4.69, 9.17) is 5.26 Å². The minimum atomic E-state index is -0.477. The van der Waals surface area contributed by atoms with Gasteiger partial charge in [0.1, 0.15) is 5.92 Å². The van der Waals surface area contributed by atoms with E-state index in [1.807, 2.05) is 20.9 Å². The van der Waals surface area contributed by atoms with Crippen molar-refractivity contribution < 1.29 is 4.79 Å². The Morgan fingerprint density at radius 3 is 2.47 bits per heavy atom. The van der Waals surface area contributed by atoms with Crippen molar-refractivity contribution >= 4 is 5.91 Å². The average Bonchev–Trinajstić information content (AvgIpc) is 2.11. The molecule has 15 heavy (non-hydrogen) atoms. The molecule has 1 fully saturated rings. The van der Waals surface area contributed by atoms with Gasteiger partial charge in [-0.2, -0.15) is 5.26 Å². The lowest BCUT2D eigenvalue weighted by Gasteiger charge is -2.31. The number of nitriles is 1. The zero-order chi connectivity index (χ0) is 11.4. The van der Waals surface area contributed by atoms with E-state index in [1.165, 1.54) is 19.3 Å². The minimum absolute atomic E-state index is 0.0144. The fraction of sp³-hybridized carbons (Fsp3) is 0.833. The predicted octanol–water partition coefficient (Wildman–Crippen LogP) is 2.04. The molecular formula is C12H20N2O. The Morgan fingerprint density at radius 1 is 1.53 bits per heavy atom. The van der Waals surface area contributed by atoms with E-state index in [0.29, 0.717) is 5.92 Å². The summed E-state index contributed by atoms with van der Waals surface area (Å²) in [6, 6.07) is 2.10. The largest absolute Gasteiger partial charge is 0.344 e. The van der Waals surface area contributed by atoms with E-state index in [2.05, 4.69) is 6.07 Å². The summed E-state index contributed by atoms with van der Waals surface area (Å²) in [5.41, 5.74) is 0. The molecule has 0 spiro atoms. The maximum absolute atomic E-state index is 11.9. The van der Waals surface area contributed by atoms with Crippen LogP contribution in [0.2, 0.25) is 0 Å². The van der Waals surface area contributed by atoms with E-state index < -0.39 is 5.92 Å². The third-order valence-corrected chi connectivity index (χ3v) is 3.20. The van der Waals surface area contributed by atoms with Gasteiger partial charge in [-0.25, -0.2) is 0 Å². The Hall–Kier alpha value is -1.04. The van der Waals surface area contributed by atoms with Crippen LogP contribution in [0.1, 0.15) is 33.1 Å². The zero-order valence-corrected chi connectivity index (χ0v) is 9.86. The molecular weight excluding hydrogens is 188 g/mol. The summed E-state index contributed by atoms with van der Waals surface area (Å²) in [5.74, 6) is 0.284. The van der Waals surface area contributed by atoms with Crippen LogP contribution in [0.15, 0.2) is 0 Å². The highest BCUT2D eigenvalue weighted by Gasteiger charge is 2.27. The fourth-order valence-electron chi connectivity index (χ4n) is 1.88. The summed E-state index contributed by atoms with van der Waals surface area (Å²) >= 11 is 0. The second-order valence-electron chi connectivity index (χ2n) is 4.87. The molecule has 1 unspecified atom stereocenters. The van der Waals surface area contributed by atoms with Crippen molar-refractivity contribution in [2.45, 2.75) is 33.1 Å². The second kappa shape index (κ2) is 5.16. The first-order valence-electron chi connectivity index (χ1n) is 5.70. The first kappa shape index (κ1) is 12.0. The summed E-state index contributed by atoms with van der Waals surface area (Å²) in [6.45, 7) is 4.66. The van der Waals surface area contributed by atoms with E-state index in [0.717, 1.165) is 6.54 Å². The van der Waals surface area contributed by atoms with E-state index in [1.54, 1.807) is 4.90 Å². The Kier molecular flexibility index (Phi) is 4.14. The predicted molar refractivity (Wildman–Crippen MR) is 58.9 cm³/mol. The first-order chi connectivity index (χ1) is 7.06. The van der Waals surface area contributed by atoms with Crippen LogP contribution in [0.5, 0.6) is 0 Å². The number of nitrogens with zero attached hydrogens (tertiary/aromatic N) is 2. The van der Waals surface area contributed by atoms with Gasteiger partial charge in [0.15, 0.2) is 0 Å². The Bertz CT molecular complexity index is 263. The first-order valence-corrected chi connectivity index (χ1v) is 5.70. The number of hydrogen-bond donors (Lipinski definition) is 0. The van der Waals surface area contributed by atoms with Crippen LogP contribution in [0, 0.1) is 29.1 Å². The quantitative estimate of drug-likeness (QED) is 0.709. The molecule has 0 aromatic rings. The highest BCUT2D eigenvalue weighted by atomic mass is 16.2. The van der Waals surface area contributed by atoms with Crippen LogP contribution in [-0.4, -0.2) is 24.4 Å². The van der Waals surface area contributed by atoms with Crippen molar-refractivity contribution in [3.05, 3.63) is 0 Å². The van der Waals surface area contributed by atoms with Gasteiger partial charge in [0.05, 0.1) is 6.07 Å². The van der Waals surface area contributed by atoms with Gasteiger partial charge < -0.3 is 4.90 Å². The third kappa shape index (κ3) is 2.95. The topological polar surface area (TPSA) is 44.1 Å². The molecule has 0 N–H and O–H groups in total. The van der Waals surface area contributed by atoms with Gasteiger partial charge >= 0.3 is 0 Å². The lowest BCUT2D eigenvalue weighted by atomic mass is 9.85.